The van der Waals surface area contributed by atoms with E-state index in [-0.39, 0.29) is 12.1 Å². The quantitative estimate of drug-likeness (QED) is 0.512. The van der Waals surface area contributed by atoms with Gasteiger partial charge >= 0.3 is 5.97 Å². The highest BCUT2D eigenvalue weighted by molar-refractivity contribution is 5.70. The van der Waals surface area contributed by atoms with Crippen molar-refractivity contribution in [2.24, 2.45) is 17.3 Å². The molecule has 0 aromatic carbocycles. The van der Waals surface area contributed by atoms with Gasteiger partial charge in [0.2, 0.25) is 0 Å². The molecule has 2 heteroatoms. The molecular weight excluding hydrogens is 212 g/mol. The molecule has 3 unspecified atom stereocenters. The number of hydrogen-bond acceptors (Lipinski definition) is 2. The zero-order valence-electron chi connectivity index (χ0n) is 11.5. The first-order valence-electron chi connectivity index (χ1n) is 6.76. The van der Waals surface area contributed by atoms with Gasteiger partial charge in [0.15, 0.2) is 0 Å². The highest BCUT2D eigenvalue weighted by Crippen LogP contribution is 2.48. The van der Waals surface area contributed by atoms with E-state index >= 15 is 0 Å². The predicted molar refractivity (Wildman–Crippen MR) is 68.5 cm³/mol. The van der Waals surface area contributed by atoms with Gasteiger partial charge in [-0.15, -0.1) is 0 Å². The largest absolute Gasteiger partial charge is 0.463 e. The van der Waals surface area contributed by atoms with Crippen LogP contribution in [0.5, 0.6) is 0 Å². The molecule has 0 radical (unpaired) electrons. The second-order valence-electron chi connectivity index (χ2n) is 6.45. The van der Waals surface area contributed by atoms with E-state index in [0.29, 0.717) is 23.7 Å². The Balaban J connectivity index is 2.21. The lowest BCUT2D eigenvalue weighted by Crippen LogP contribution is -2.39. The first-order chi connectivity index (χ1) is 7.90. The maximum atomic E-state index is 11.6. The Hall–Kier alpha value is -0.790. The van der Waals surface area contributed by atoms with Gasteiger partial charge < -0.3 is 4.74 Å². The fourth-order valence-corrected chi connectivity index (χ4v) is 3.88. The lowest BCUT2D eigenvalue weighted by atomic mass is 9.61. The van der Waals surface area contributed by atoms with Gasteiger partial charge in [-0.2, -0.15) is 0 Å². The van der Waals surface area contributed by atoms with Crippen LogP contribution in [0, 0.1) is 17.3 Å². The molecule has 0 spiro atoms. The zero-order valence-corrected chi connectivity index (χ0v) is 11.5. The molecule has 2 nitrogen and oxygen atoms in total. The third kappa shape index (κ3) is 2.56. The summed E-state index contributed by atoms with van der Waals surface area (Å²) in [7, 11) is 0. The van der Waals surface area contributed by atoms with E-state index in [1.54, 1.807) is 0 Å². The van der Waals surface area contributed by atoms with Crippen LogP contribution in [0.1, 0.15) is 53.4 Å². The molecular formula is C15H24O2. The zero-order chi connectivity index (χ0) is 12.6. The standard InChI is InChI=1S/C15H24O2/c1-10-6-5-7-15(3,4)14(10)12-8-11(2)17-13(16)9-12/h6,11-12,14H,5,7-9H2,1-4H3. The lowest BCUT2D eigenvalue weighted by Gasteiger charge is -2.45. The van der Waals surface area contributed by atoms with E-state index in [2.05, 4.69) is 26.8 Å². The van der Waals surface area contributed by atoms with Crippen molar-refractivity contribution in [2.45, 2.75) is 59.5 Å². The maximum Gasteiger partial charge on any atom is 0.306 e. The molecule has 0 bridgehead atoms. The number of hydrogen-bond donors (Lipinski definition) is 0. The summed E-state index contributed by atoms with van der Waals surface area (Å²) >= 11 is 0. The summed E-state index contributed by atoms with van der Waals surface area (Å²) in [5.41, 5.74) is 1.80. The van der Waals surface area contributed by atoms with Crippen LogP contribution in [0.15, 0.2) is 11.6 Å². The van der Waals surface area contributed by atoms with E-state index in [1.807, 2.05) is 6.92 Å². The minimum Gasteiger partial charge on any atom is -0.463 e. The van der Waals surface area contributed by atoms with Crippen LogP contribution in [0.25, 0.3) is 0 Å². The summed E-state index contributed by atoms with van der Waals surface area (Å²) in [5.74, 6) is 1.01. The van der Waals surface area contributed by atoms with Crippen molar-refractivity contribution in [1.82, 2.24) is 0 Å². The number of ether oxygens (including phenoxy) is 1. The Morgan fingerprint density at radius 3 is 2.71 bits per heavy atom. The van der Waals surface area contributed by atoms with E-state index in [0.717, 1.165) is 6.42 Å². The molecule has 0 amide bonds. The van der Waals surface area contributed by atoms with Crippen LogP contribution in [0.3, 0.4) is 0 Å². The van der Waals surface area contributed by atoms with Gasteiger partial charge in [-0.25, -0.2) is 0 Å². The predicted octanol–water partition coefficient (Wildman–Crippen LogP) is 3.71. The molecule has 96 valence electrons. The molecule has 1 fully saturated rings. The van der Waals surface area contributed by atoms with Crippen molar-refractivity contribution in [3.05, 3.63) is 11.6 Å². The number of carbonyl (C=O) groups excluding carboxylic acids is 1. The lowest BCUT2D eigenvalue weighted by molar-refractivity contribution is -0.157. The molecule has 2 rings (SSSR count). The van der Waals surface area contributed by atoms with Crippen molar-refractivity contribution >= 4 is 5.97 Å². The van der Waals surface area contributed by atoms with Crippen molar-refractivity contribution in [3.63, 3.8) is 0 Å². The topological polar surface area (TPSA) is 26.3 Å². The SMILES string of the molecule is CC1=CCCC(C)(C)C1C1CC(=O)OC(C)C1. The first-order valence-corrected chi connectivity index (χ1v) is 6.76. The van der Waals surface area contributed by atoms with Crippen molar-refractivity contribution in [2.75, 3.05) is 0 Å². The number of rotatable bonds is 1. The Kier molecular flexibility index (Phi) is 3.33. The molecule has 17 heavy (non-hydrogen) atoms. The summed E-state index contributed by atoms with van der Waals surface area (Å²) in [6, 6.07) is 0. The summed E-state index contributed by atoms with van der Waals surface area (Å²) in [6.07, 6.45) is 6.48. The van der Waals surface area contributed by atoms with Gasteiger partial charge in [-0.1, -0.05) is 25.5 Å². The molecule has 0 aromatic rings. The monoisotopic (exact) mass is 236 g/mol. The average molecular weight is 236 g/mol. The summed E-state index contributed by atoms with van der Waals surface area (Å²) < 4.78 is 5.25. The first kappa shape index (κ1) is 12.7. The van der Waals surface area contributed by atoms with E-state index in [9.17, 15) is 4.79 Å². The minimum absolute atomic E-state index is 0.0112. The Bertz CT molecular complexity index is 341. The maximum absolute atomic E-state index is 11.6. The second-order valence-corrected chi connectivity index (χ2v) is 6.45. The Morgan fingerprint density at radius 2 is 2.12 bits per heavy atom. The van der Waals surface area contributed by atoms with Gasteiger partial charge in [-0.3, -0.25) is 4.79 Å². The number of carbonyl (C=O) groups is 1. The van der Waals surface area contributed by atoms with Crippen LogP contribution in [-0.4, -0.2) is 12.1 Å². The van der Waals surface area contributed by atoms with Crippen LogP contribution >= 0.6 is 0 Å². The fourth-order valence-electron chi connectivity index (χ4n) is 3.88. The van der Waals surface area contributed by atoms with Gasteiger partial charge in [0, 0.05) is 6.42 Å². The van der Waals surface area contributed by atoms with Gasteiger partial charge in [0.25, 0.3) is 0 Å². The van der Waals surface area contributed by atoms with E-state index in [1.165, 1.54) is 18.4 Å². The van der Waals surface area contributed by atoms with Crippen LogP contribution in [-0.2, 0) is 9.53 Å². The summed E-state index contributed by atoms with van der Waals surface area (Å²) in [4.78, 5) is 11.6. The normalized spacial score (nSPS) is 37.3. The van der Waals surface area contributed by atoms with Crippen LogP contribution < -0.4 is 0 Å². The molecule has 0 aromatic heterocycles. The van der Waals surface area contributed by atoms with Gasteiger partial charge in [0.1, 0.15) is 0 Å². The van der Waals surface area contributed by atoms with Crippen molar-refractivity contribution in [1.29, 1.82) is 0 Å². The molecule has 1 heterocycles. The van der Waals surface area contributed by atoms with E-state index < -0.39 is 0 Å². The Morgan fingerprint density at radius 1 is 1.41 bits per heavy atom. The molecule has 0 N–H and O–H groups in total. The van der Waals surface area contributed by atoms with Gasteiger partial charge in [0.05, 0.1) is 6.10 Å². The highest BCUT2D eigenvalue weighted by atomic mass is 16.5. The highest BCUT2D eigenvalue weighted by Gasteiger charge is 2.41. The molecule has 0 saturated carbocycles. The molecule has 1 aliphatic heterocycles. The van der Waals surface area contributed by atoms with Crippen molar-refractivity contribution < 1.29 is 9.53 Å². The molecule has 1 aliphatic carbocycles. The summed E-state index contributed by atoms with van der Waals surface area (Å²) in [6.45, 7) is 8.94. The van der Waals surface area contributed by atoms with Crippen molar-refractivity contribution in [3.8, 4) is 0 Å². The van der Waals surface area contributed by atoms with Gasteiger partial charge in [-0.05, 0) is 50.4 Å². The fraction of sp³-hybridized carbons (Fsp3) is 0.800. The minimum atomic E-state index is -0.0112. The molecule has 3 atom stereocenters. The smallest absolute Gasteiger partial charge is 0.306 e. The third-order valence-electron chi connectivity index (χ3n) is 4.46. The number of cyclic esters (lactones) is 1. The van der Waals surface area contributed by atoms with E-state index in [4.69, 9.17) is 4.74 Å². The van der Waals surface area contributed by atoms with Crippen LogP contribution in [0.2, 0.25) is 0 Å². The molecule has 2 aliphatic rings. The Labute approximate surface area is 104 Å². The summed E-state index contributed by atoms with van der Waals surface area (Å²) in [5, 5.41) is 0. The molecule has 1 saturated heterocycles. The number of esters is 1. The number of allylic oxidation sites excluding steroid dienone is 2. The second kappa shape index (κ2) is 4.47. The average Bonchev–Trinajstić information content (AvgIpc) is 2.13. The third-order valence-corrected chi connectivity index (χ3v) is 4.46. The van der Waals surface area contributed by atoms with Crippen LogP contribution in [0.4, 0.5) is 0 Å².